The number of anilines is 1. The SMILES string of the molecule is O=C(Nc1ccc2[nH]c(=O)[nH]c2c1)[C@@H]1C[C@@H]1c1cccnc1. The predicted octanol–water partition coefficient (Wildman–Crippen LogP) is 1.99. The molecule has 4 rings (SSSR count). The van der Waals surface area contributed by atoms with Crippen molar-refractivity contribution in [2.45, 2.75) is 12.3 Å². The maximum atomic E-state index is 12.3. The van der Waals surface area contributed by atoms with Crippen molar-refractivity contribution < 1.29 is 4.79 Å². The molecule has 0 bridgehead atoms. The van der Waals surface area contributed by atoms with Gasteiger partial charge in [-0.1, -0.05) is 6.07 Å². The summed E-state index contributed by atoms with van der Waals surface area (Å²) < 4.78 is 0. The van der Waals surface area contributed by atoms with Gasteiger partial charge in [-0.2, -0.15) is 0 Å². The van der Waals surface area contributed by atoms with Gasteiger partial charge in [-0.05, 0) is 42.2 Å². The predicted molar refractivity (Wildman–Crippen MR) is 82.6 cm³/mol. The number of nitrogens with zero attached hydrogens (tertiary/aromatic N) is 1. The third-order valence-electron chi connectivity index (χ3n) is 4.02. The van der Waals surface area contributed by atoms with Gasteiger partial charge in [0.1, 0.15) is 0 Å². The quantitative estimate of drug-likeness (QED) is 0.690. The molecular weight excluding hydrogens is 280 g/mol. The van der Waals surface area contributed by atoms with Gasteiger partial charge in [-0.25, -0.2) is 4.79 Å². The van der Waals surface area contributed by atoms with Crippen LogP contribution in [0.3, 0.4) is 0 Å². The van der Waals surface area contributed by atoms with Gasteiger partial charge in [-0.15, -0.1) is 0 Å². The van der Waals surface area contributed by atoms with Crippen molar-refractivity contribution in [3.63, 3.8) is 0 Å². The van der Waals surface area contributed by atoms with Crippen LogP contribution in [-0.2, 0) is 4.79 Å². The Hall–Kier alpha value is -2.89. The Bertz CT molecular complexity index is 897. The molecule has 110 valence electrons. The smallest absolute Gasteiger partial charge is 0.323 e. The summed E-state index contributed by atoms with van der Waals surface area (Å²) in [5.74, 6) is 0.251. The van der Waals surface area contributed by atoms with Crippen molar-refractivity contribution in [2.75, 3.05) is 5.32 Å². The van der Waals surface area contributed by atoms with Crippen molar-refractivity contribution >= 4 is 22.6 Å². The van der Waals surface area contributed by atoms with E-state index in [0.717, 1.165) is 17.5 Å². The van der Waals surface area contributed by atoms with E-state index in [4.69, 9.17) is 0 Å². The molecule has 2 atom stereocenters. The summed E-state index contributed by atoms with van der Waals surface area (Å²) >= 11 is 0. The van der Waals surface area contributed by atoms with Gasteiger partial charge < -0.3 is 15.3 Å². The second kappa shape index (κ2) is 4.84. The van der Waals surface area contributed by atoms with E-state index in [1.165, 1.54) is 0 Å². The Labute approximate surface area is 125 Å². The third kappa shape index (κ3) is 2.28. The molecule has 2 aromatic heterocycles. The highest BCUT2D eigenvalue weighted by atomic mass is 16.2. The number of imidazole rings is 1. The Morgan fingerprint density at radius 2 is 2.09 bits per heavy atom. The number of carbonyl (C=O) groups excluding carboxylic acids is 1. The van der Waals surface area contributed by atoms with E-state index in [1.807, 2.05) is 18.3 Å². The molecular formula is C16H14N4O2. The lowest BCUT2D eigenvalue weighted by Gasteiger charge is -2.05. The molecule has 1 aliphatic rings. The van der Waals surface area contributed by atoms with Crippen molar-refractivity contribution in [1.82, 2.24) is 15.0 Å². The number of benzene rings is 1. The Morgan fingerprint density at radius 1 is 1.23 bits per heavy atom. The van der Waals surface area contributed by atoms with Crippen molar-refractivity contribution in [1.29, 1.82) is 0 Å². The zero-order valence-corrected chi connectivity index (χ0v) is 11.7. The van der Waals surface area contributed by atoms with Gasteiger partial charge in [0.25, 0.3) is 0 Å². The Morgan fingerprint density at radius 3 is 2.91 bits per heavy atom. The number of amides is 1. The molecule has 0 saturated heterocycles. The zero-order valence-electron chi connectivity index (χ0n) is 11.7. The number of nitrogens with one attached hydrogen (secondary N) is 3. The fourth-order valence-electron chi connectivity index (χ4n) is 2.79. The topological polar surface area (TPSA) is 90.6 Å². The molecule has 1 aromatic carbocycles. The van der Waals surface area contributed by atoms with Crippen LogP contribution >= 0.6 is 0 Å². The number of aromatic amines is 2. The van der Waals surface area contributed by atoms with E-state index < -0.39 is 0 Å². The first-order valence-electron chi connectivity index (χ1n) is 7.13. The number of carbonyl (C=O) groups is 1. The summed E-state index contributed by atoms with van der Waals surface area (Å²) in [7, 11) is 0. The molecule has 0 spiro atoms. The minimum absolute atomic E-state index is 0.00563. The molecule has 22 heavy (non-hydrogen) atoms. The van der Waals surface area contributed by atoms with Crippen LogP contribution in [0.25, 0.3) is 11.0 Å². The zero-order chi connectivity index (χ0) is 15.1. The first-order chi connectivity index (χ1) is 10.7. The second-order valence-corrected chi connectivity index (χ2v) is 5.56. The van der Waals surface area contributed by atoms with Gasteiger partial charge >= 0.3 is 5.69 Å². The molecule has 6 heteroatoms. The number of H-pyrrole nitrogens is 2. The minimum Gasteiger partial charge on any atom is -0.326 e. The fraction of sp³-hybridized carbons (Fsp3) is 0.188. The first kappa shape index (κ1) is 12.8. The van der Waals surface area contributed by atoms with Crippen molar-refractivity contribution in [3.8, 4) is 0 Å². The molecule has 0 unspecified atom stereocenters. The average molecular weight is 294 g/mol. The monoisotopic (exact) mass is 294 g/mol. The fourth-order valence-corrected chi connectivity index (χ4v) is 2.79. The van der Waals surface area contributed by atoms with Crippen LogP contribution in [-0.4, -0.2) is 20.9 Å². The molecule has 3 N–H and O–H groups in total. The summed E-state index contributed by atoms with van der Waals surface area (Å²) in [5, 5.41) is 2.91. The highest BCUT2D eigenvalue weighted by Gasteiger charge is 2.44. The van der Waals surface area contributed by atoms with Gasteiger partial charge in [0.2, 0.25) is 5.91 Å². The third-order valence-corrected chi connectivity index (χ3v) is 4.02. The summed E-state index contributed by atoms with van der Waals surface area (Å²) in [6.45, 7) is 0. The summed E-state index contributed by atoms with van der Waals surface area (Å²) in [4.78, 5) is 33.0. The normalized spacial score (nSPS) is 20.0. The summed E-state index contributed by atoms with van der Waals surface area (Å²) in [6.07, 6.45) is 4.39. The molecule has 0 radical (unpaired) electrons. The number of fused-ring (bicyclic) bond motifs is 1. The van der Waals surface area contributed by atoms with Crippen molar-refractivity contribution in [2.24, 2.45) is 5.92 Å². The van der Waals surface area contributed by atoms with Crippen LogP contribution in [0.4, 0.5) is 5.69 Å². The maximum Gasteiger partial charge on any atom is 0.323 e. The van der Waals surface area contributed by atoms with E-state index in [-0.39, 0.29) is 23.4 Å². The molecule has 1 aliphatic carbocycles. The van der Waals surface area contributed by atoms with E-state index in [0.29, 0.717) is 11.2 Å². The minimum atomic E-state index is -0.252. The van der Waals surface area contributed by atoms with E-state index in [9.17, 15) is 9.59 Å². The van der Waals surface area contributed by atoms with Gasteiger partial charge in [0.05, 0.1) is 11.0 Å². The van der Waals surface area contributed by atoms with E-state index in [1.54, 1.807) is 24.4 Å². The average Bonchev–Trinajstić information content (AvgIpc) is 3.24. The lowest BCUT2D eigenvalue weighted by Crippen LogP contribution is -2.14. The van der Waals surface area contributed by atoms with E-state index >= 15 is 0 Å². The van der Waals surface area contributed by atoms with Gasteiger partial charge in [-0.3, -0.25) is 9.78 Å². The lowest BCUT2D eigenvalue weighted by molar-refractivity contribution is -0.117. The van der Waals surface area contributed by atoms with Gasteiger partial charge in [0, 0.05) is 24.0 Å². The first-order valence-corrected chi connectivity index (χ1v) is 7.13. The lowest BCUT2D eigenvalue weighted by atomic mass is 10.1. The van der Waals surface area contributed by atoms with Crippen LogP contribution in [0.5, 0.6) is 0 Å². The molecule has 6 nitrogen and oxygen atoms in total. The van der Waals surface area contributed by atoms with Gasteiger partial charge in [0.15, 0.2) is 0 Å². The number of hydrogen-bond donors (Lipinski definition) is 3. The van der Waals surface area contributed by atoms with Crippen molar-refractivity contribution in [3.05, 3.63) is 58.8 Å². The van der Waals surface area contributed by atoms with Crippen LogP contribution in [0.2, 0.25) is 0 Å². The second-order valence-electron chi connectivity index (χ2n) is 5.56. The Balaban J connectivity index is 1.49. The van der Waals surface area contributed by atoms with Crippen LogP contribution < -0.4 is 11.0 Å². The molecule has 2 heterocycles. The molecule has 3 aromatic rings. The number of pyridine rings is 1. The van der Waals surface area contributed by atoms with Crippen LogP contribution in [0.15, 0.2) is 47.5 Å². The summed E-state index contributed by atoms with van der Waals surface area (Å²) in [5.41, 5.74) is 2.94. The van der Waals surface area contributed by atoms with E-state index in [2.05, 4.69) is 20.3 Å². The number of rotatable bonds is 3. The van der Waals surface area contributed by atoms with Crippen LogP contribution in [0, 0.1) is 5.92 Å². The van der Waals surface area contributed by atoms with Crippen LogP contribution in [0.1, 0.15) is 17.9 Å². The summed E-state index contributed by atoms with van der Waals surface area (Å²) in [6, 6.07) is 9.20. The standard InChI is InChI=1S/C16H14N4O2/c21-15(12-7-11(12)9-2-1-5-17-8-9)18-10-3-4-13-14(6-10)20-16(22)19-13/h1-6,8,11-12H,7H2,(H,18,21)(H2,19,20,22)/t11-,12-/m1/s1. The Kier molecular flexibility index (Phi) is 2.82. The highest BCUT2D eigenvalue weighted by Crippen LogP contribution is 2.47. The molecule has 1 saturated carbocycles. The molecule has 0 aliphatic heterocycles. The largest absolute Gasteiger partial charge is 0.326 e. The molecule has 1 amide bonds. The maximum absolute atomic E-state index is 12.3. The highest BCUT2D eigenvalue weighted by molar-refractivity contribution is 5.96. The number of hydrogen-bond acceptors (Lipinski definition) is 3. The number of aromatic nitrogens is 3. The molecule has 1 fully saturated rings.